The molecule has 0 amide bonds. The highest BCUT2D eigenvalue weighted by Gasteiger charge is 2.06. The van der Waals surface area contributed by atoms with E-state index in [-0.39, 0.29) is 0 Å². The summed E-state index contributed by atoms with van der Waals surface area (Å²) in [6, 6.07) is 16.7. The molecule has 20 heavy (non-hydrogen) atoms. The van der Waals surface area contributed by atoms with Gasteiger partial charge in [-0.25, -0.2) is 0 Å². The second-order valence-electron chi connectivity index (χ2n) is 4.96. The lowest BCUT2D eigenvalue weighted by molar-refractivity contribution is 0.780. The Morgan fingerprint density at radius 2 is 1.85 bits per heavy atom. The molecule has 0 aliphatic rings. The Kier molecular flexibility index (Phi) is 2.33. The second kappa shape index (κ2) is 4.17. The Balaban J connectivity index is 2.00. The number of aryl methyl sites for hydroxylation is 1. The Morgan fingerprint density at radius 1 is 0.950 bits per heavy atom. The normalized spacial score (nSPS) is 11.2. The van der Waals surface area contributed by atoms with Crippen LogP contribution in [0.4, 0.5) is 0 Å². The maximum Gasteiger partial charge on any atom is 0.0923 e. The summed E-state index contributed by atoms with van der Waals surface area (Å²) in [6.07, 6.45) is 3.88. The summed E-state index contributed by atoms with van der Waals surface area (Å²) in [4.78, 5) is 4.52. The third kappa shape index (κ3) is 1.67. The third-order valence-electron chi connectivity index (χ3n) is 3.56. The zero-order chi connectivity index (χ0) is 13.5. The summed E-state index contributed by atoms with van der Waals surface area (Å²) >= 11 is 0. The Labute approximate surface area is 116 Å². The number of rotatable bonds is 1. The van der Waals surface area contributed by atoms with Gasteiger partial charge in [-0.2, -0.15) is 5.10 Å². The molecule has 4 rings (SSSR count). The molecule has 0 fully saturated rings. The van der Waals surface area contributed by atoms with Crippen molar-refractivity contribution in [1.82, 2.24) is 14.8 Å². The molecule has 2 heterocycles. The van der Waals surface area contributed by atoms with Gasteiger partial charge in [0.2, 0.25) is 0 Å². The van der Waals surface area contributed by atoms with Crippen molar-refractivity contribution in [1.29, 1.82) is 0 Å². The Bertz CT molecular complexity index is 916. The van der Waals surface area contributed by atoms with Crippen molar-refractivity contribution in [3.05, 3.63) is 60.9 Å². The molecule has 0 saturated heterocycles. The second-order valence-corrected chi connectivity index (χ2v) is 4.96. The van der Waals surface area contributed by atoms with Gasteiger partial charge >= 0.3 is 0 Å². The maximum absolute atomic E-state index is 4.52. The van der Waals surface area contributed by atoms with Gasteiger partial charge in [-0.15, -0.1) is 0 Å². The topological polar surface area (TPSA) is 30.7 Å². The van der Waals surface area contributed by atoms with Crippen LogP contribution in [0.3, 0.4) is 0 Å². The van der Waals surface area contributed by atoms with Crippen LogP contribution in [-0.4, -0.2) is 14.8 Å². The van der Waals surface area contributed by atoms with Gasteiger partial charge in [0.1, 0.15) is 0 Å². The van der Waals surface area contributed by atoms with Crippen LogP contribution >= 0.6 is 0 Å². The Hall–Kier alpha value is -2.68. The minimum Gasteiger partial charge on any atom is -0.275 e. The average Bonchev–Trinajstić information content (AvgIpc) is 2.85. The molecule has 4 aromatic rings. The highest BCUT2D eigenvalue weighted by molar-refractivity contribution is 5.95. The molecule has 0 atom stereocenters. The number of hydrogen-bond acceptors (Lipinski definition) is 2. The van der Waals surface area contributed by atoms with Gasteiger partial charge in [-0.1, -0.05) is 30.3 Å². The van der Waals surface area contributed by atoms with Crippen LogP contribution in [0.1, 0.15) is 0 Å². The van der Waals surface area contributed by atoms with Gasteiger partial charge in [-0.05, 0) is 23.8 Å². The fourth-order valence-electron chi connectivity index (χ4n) is 2.65. The summed E-state index contributed by atoms with van der Waals surface area (Å²) in [6.45, 7) is 0. The molecule has 2 aromatic heterocycles. The monoisotopic (exact) mass is 259 g/mol. The van der Waals surface area contributed by atoms with E-state index in [0.717, 1.165) is 27.4 Å². The molecule has 0 aliphatic carbocycles. The van der Waals surface area contributed by atoms with E-state index in [1.54, 1.807) is 0 Å². The van der Waals surface area contributed by atoms with Gasteiger partial charge in [0, 0.05) is 35.8 Å². The van der Waals surface area contributed by atoms with Crippen LogP contribution < -0.4 is 0 Å². The summed E-state index contributed by atoms with van der Waals surface area (Å²) in [5.41, 5.74) is 4.39. The SMILES string of the molecule is Cn1cc2cc(-c3cccc4cccnc34)ccc2n1. The first-order valence-electron chi connectivity index (χ1n) is 6.59. The van der Waals surface area contributed by atoms with Crippen LogP contribution in [0.5, 0.6) is 0 Å². The van der Waals surface area contributed by atoms with Crippen molar-refractivity contribution in [2.45, 2.75) is 0 Å². The lowest BCUT2D eigenvalue weighted by Crippen LogP contribution is -1.85. The van der Waals surface area contributed by atoms with Crippen LogP contribution in [-0.2, 0) is 7.05 Å². The van der Waals surface area contributed by atoms with E-state index in [0.29, 0.717) is 0 Å². The first-order valence-corrected chi connectivity index (χ1v) is 6.59. The first-order chi connectivity index (χ1) is 9.81. The van der Waals surface area contributed by atoms with Crippen molar-refractivity contribution < 1.29 is 0 Å². The molecule has 0 radical (unpaired) electrons. The summed E-state index contributed by atoms with van der Waals surface area (Å²) in [7, 11) is 1.94. The zero-order valence-corrected chi connectivity index (χ0v) is 11.1. The van der Waals surface area contributed by atoms with Crippen molar-refractivity contribution in [3.63, 3.8) is 0 Å². The minimum atomic E-state index is 1.02. The number of nitrogens with zero attached hydrogens (tertiary/aromatic N) is 3. The largest absolute Gasteiger partial charge is 0.275 e. The van der Waals surface area contributed by atoms with Gasteiger partial charge in [0.25, 0.3) is 0 Å². The predicted octanol–water partition coefficient (Wildman–Crippen LogP) is 3.79. The zero-order valence-electron chi connectivity index (χ0n) is 11.1. The van der Waals surface area contributed by atoms with Gasteiger partial charge in [0.15, 0.2) is 0 Å². The fraction of sp³-hybridized carbons (Fsp3) is 0.0588. The van der Waals surface area contributed by atoms with E-state index in [1.807, 2.05) is 30.2 Å². The highest BCUT2D eigenvalue weighted by atomic mass is 15.2. The van der Waals surface area contributed by atoms with E-state index in [1.165, 1.54) is 5.56 Å². The number of aromatic nitrogens is 3. The summed E-state index contributed by atoms with van der Waals surface area (Å²) < 4.78 is 1.84. The van der Waals surface area contributed by atoms with E-state index in [9.17, 15) is 0 Å². The van der Waals surface area contributed by atoms with Gasteiger partial charge in [0.05, 0.1) is 11.0 Å². The maximum atomic E-state index is 4.52. The first kappa shape index (κ1) is 11.2. The van der Waals surface area contributed by atoms with Crippen LogP contribution in [0.25, 0.3) is 32.9 Å². The van der Waals surface area contributed by atoms with Crippen LogP contribution in [0.2, 0.25) is 0 Å². The van der Waals surface area contributed by atoms with Gasteiger partial charge in [-0.3, -0.25) is 9.67 Å². The molecule has 0 spiro atoms. The van der Waals surface area contributed by atoms with E-state index >= 15 is 0 Å². The number of fused-ring (bicyclic) bond motifs is 2. The number of benzene rings is 2. The smallest absolute Gasteiger partial charge is 0.0923 e. The van der Waals surface area contributed by atoms with Crippen molar-refractivity contribution in [2.75, 3.05) is 0 Å². The van der Waals surface area contributed by atoms with Crippen LogP contribution in [0, 0.1) is 0 Å². The van der Waals surface area contributed by atoms with Crippen molar-refractivity contribution in [2.24, 2.45) is 7.05 Å². The Morgan fingerprint density at radius 3 is 2.80 bits per heavy atom. The molecule has 0 N–H and O–H groups in total. The molecule has 2 aromatic carbocycles. The molecule has 3 heteroatoms. The third-order valence-corrected chi connectivity index (χ3v) is 3.56. The van der Waals surface area contributed by atoms with E-state index in [2.05, 4.69) is 52.5 Å². The molecular weight excluding hydrogens is 246 g/mol. The average molecular weight is 259 g/mol. The lowest BCUT2D eigenvalue weighted by Gasteiger charge is -2.05. The number of para-hydroxylation sites is 1. The highest BCUT2D eigenvalue weighted by Crippen LogP contribution is 2.29. The standard InChI is InChI=1S/C17H13N3/c1-20-11-14-10-13(7-8-16(14)19-20)15-6-2-4-12-5-3-9-18-17(12)15/h2-11H,1H3. The van der Waals surface area contributed by atoms with Crippen LogP contribution in [0.15, 0.2) is 60.9 Å². The number of hydrogen-bond donors (Lipinski definition) is 0. The minimum absolute atomic E-state index is 1.02. The van der Waals surface area contributed by atoms with Gasteiger partial charge < -0.3 is 0 Å². The summed E-state index contributed by atoms with van der Waals surface area (Å²) in [5.74, 6) is 0. The lowest BCUT2D eigenvalue weighted by atomic mass is 10.0. The predicted molar refractivity (Wildman–Crippen MR) is 81.5 cm³/mol. The molecule has 0 aliphatic heterocycles. The molecule has 96 valence electrons. The fourth-order valence-corrected chi connectivity index (χ4v) is 2.65. The molecule has 0 saturated carbocycles. The van der Waals surface area contributed by atoms with Crippen molar-refractivity contribution >= 4 is 21.8 Å². The van der Waals surface area contributed by atoms with E-state index < -0.39 is 0 Å². The summed E-state index contributed by atoms with van der Waals surface area (Å²) in [5, 5.41) is 6.73. The molecule has 3 nitrogen and oxygen atoms in total. The molecular formula is C17H13N3. The quantitative estimate of drug-likeness (QED) is 0.520. The van der Waals surface area contributed by atoms with E-state index in [4.69, 9.17) is 0 Å². The van der Waals surface area contributed by atoms with Crippen molar-refractivity contribution in [3.8, 4) is 11.1 Å². The molecule has 0 bridgehead atoms. The number of pyridine rings is 1. The molecule has 0 unspecified atom stereocenters.